The number of nitrogens with zero attached hydrogens (tertiary/aromatic N) is 3. The molecule has 2 aromatic carbocycles. The number of aliphatic imine (C=N–C) groups is 1. The Kier molecular flexibility index (Phi) is 11.9. The Morgan fingerprint density at radius 2 is 1.85 bits per heavy atom. The number of halogens is 1. The van der Waals surface area contributed by atoms with Crippen molar-refractivity contribution in [1.29, 1.82) is 0 Å². The van der Waals surface area contributed by atoms with Gasteiger partial charge in [0.2, 0.25) is 5.91 Å². The van der Waals surface area contributed by atoms with Gasteiger partial charge in [0.05, 0.1) is 19.3 Å². The van der Waals surface area contributed by atoms with Gasteiger partial charge < -0.3 is 20.3 Å². The fraction of sp³-hybridized carbons (Fsp3) is 0.385. The molecule has 0 radical (unpaired) electrons. The van der Waals surface area contributed by atoms with E-state index in [4.69, 9.17) is 9.73 Å². The van der Waals surface area contributed by atoms with Crippen molar-refractivity contribution in [1.82, 2.24) is 15.1 Å². The lowest BCUT2D eigenvalue weighted by Crippen LogP contribution is -2.52. The summed E-state index contributed by atoms with van der Waals surface area (Å²) in [6.07, 6.45) is 4.42. The quantitative estimate of drug-likeness (QED) is 0.282. The summed E-state index contributed by atoms with van der Waals surface area (Å²) in [5.74, 6) is 1.44. The molecular weight excluding hydrogens is 541 g/mol. The van der Waals surface area contributed by atoms with Gasteiger partial charge in [0.1, 0.15) is 5.75 Å². The maximum atomic E-state index is 11.5. The van der Waals surface area contributed by atoms with E-state index in [-0.39, 0.29) is 29.9 Å². The van der Waals surface area contributed by atoms with E-state index in [0.29, 0.717) is 18.0 Å². The third kappa shape index (κ3) is 8.64. The lowest BCUT2D eigenvalue weighted by atomic mass is 10.2. The highest BCUT2D eigenvalue weighted by Crippen LogP contribution is 2.25. The number of benzene rings is 2. The molecule has 34 heavy (non-hydrogen) atoms. The van der Waals surface area contributed by atoms with Crippen LogP contribution in [0.3, 0.4) is 0 Å². The lowest BCUT2D eigenvalue weighted by Gasteiger charge is -2.36. The van der Waals surface area contributed by atoms with Crippen LogP contribution in [0.5, 0.6) is 5.75 Å². The number of hydrogen-bond acceptors (Lipinski definition) is 4. The number of methoxy groups -OCH3 is 1. The van der Waals surface area contributed by atoms with E-state index in [2.05, 4.69) is 63.8 Å². The molecule has 8 heteroatoms. The van der Waals surface area contributed by atoms with Gasteiger partial charge in [-0.2, -0.15) is 0 Å². The van der Waals surface area contributed by atoms with Crippen molar-refractivity contribution in [2.24, 2.45) is 4.99 Å². The van der Waals surface area contributed by atoms with E-state index in [1.54, 1.807) is 7.11 Å². The number of nitrogens with one attached hydrogen (secondary N) is 2. The van der Waals surface area contributed by atoms with E-state index in [1.165, 1.54) is 12.5 Å². The minimum atomic E-state index is -0.126. The zero-order valence-corrected chi connectivity index (χ0v) is 22.6. The zero-order valence-electron chi connectivity index (χ0n) is 20.3. The van der Waals surface area contributed by atoms with Crippen LogP contribution in [-0.2, 0) is 11.3 Å². The molecule has 0 spiro atoms. The minimum Gasteiger partial charge on any atom is -0.495 e. The Labute approximate surface area is 220 Å². The maximum Gasteiger partial charge on any atom is 0.221 e. The molecule has 1 aliphatic rings. The Morgan fingerprint density at radius 3 is 2.50 bits per heavy atom. The second-order valence-electron chi connectivity index (χ2n) is 7.99. The highest BCUT2D eigenvalue weighted by Gasteiger charge is 2.18. The van der Waals surface area contributed by atoms with Crippen LogP contribution in [0.1, 0.15) is 25.0 Å². The summed E-state index contributed by atoms with van der Waals surface area (Å²) in [6.45, 7) is 9.74. The SMILES string of the molecule is CCNC(=NCc1ccc(OC)c(NC(C)=O)c1)N1CCN(C/C=C/c2ccccc2)CC1.I. The zero-order chi connectivity index (χ0) is 23.5. The Balaban J connectivity index is 0.00000408. The van der Waals surface area contributed by atoms with Gasteiger partial charge in [0, 0.05) is 46.2 Å². The maximum absolute atomic E-state index is 11.5. The molecule has 0 aromatic heterocycles. The van der Waals surface area contributed by atoms with E-state index in [9.17, 15) is 4.79 Å². The first-order valence-electron chi connectivity index (χ1n) is 11.5. The van der Waals surface area contributed by atoms with Crippen LogP contribution < -0.4 is 15.4 Å². The molecule has 7 nitrogen and oxygen atoms in total. The molecule has 2 N–H and O–H groups in total. The molecule has 184 valence electrons. The number of amides is 1. The van der Waals surface area contributed by atoms with Crippen molar-refractivity contribution in [2.75, 3.05) is 51.7 Å². The Bertz CT molecular complexity index is 957. The lowest BCUT2D eigenvalue weighted by molar-refractivity contribution is -0.114. The summed E-state index contributed by atoms with van der Waals surface area (Å²) in [6, 6.07) is 16.2. The minimum absolute atomic E-state index is 0. The third-order valence-electron chi connectivity index (χ3n) is 5.47. The summed E-state index contributed by atoms with van der Waals surface area (Å²) in [5, 5.41) is 6.24. The number of guanidine groups is 1. The molecule has 0 atom stereocenters. The highest BCUT2D eigenvalue weighted by molar-refractivity contribution is 14.0. The molecule has 1 aliphatic heterocycles. The predicted molar refractivity (Wildman–Crippen MR) is 151 cm³/mol. The van der Waals surface area contributed by atoms with Crippen LogP contribution in [0.15, 0.2) is 59.6 Å². The average Bonchev–Trinajstić information content (AvgIpc) is 2.83. The summed E-state index contributed by atoms with van der Waals surface area (Å²) in [4.78, 5) is 21.1. The van der Waals surface area contributed by atoms with Gasteiger partial charge in [-0.25, -0.2) is 4.99 Å². The van der Waals surface area contributed by atoms with Crippen molar-refractivity contribution in [3.63, 3.8) is 0 Å². The van der Waals surface area contributed by atoms with E-state index < -0.39 is 0 Å². The number of ether oxygens (including phenoxy) is 1. The molecule has 1 fully saturated rings. The number of hydrogen-bond donors (Lipinski definition) is 2. The van der Waals surface area contributed by atoms with Gasteiger partial charge in [0.25, 0.3) is 0 Å². The number of anilines is 1. The number of carbonyl (C=O) groups is 1. The average molecular weight is 578 g/mol. The normalized spacial score (nSPS) is 14.6. The first-order chi connectivity index (χ1) is 16.1. The Hall–Kier alpha value is -2.59. The largest absolute Gasteiger partial charge is 0.495 e. The van der Waals surface area contributed by atoms with Crippen LogP contribution in [0, 0.1) is 0 Å². The van der Waals surface area contributed by atoms with Gasteiger partial charge in [-0.15, -0.1) is 24.0 Å². The molecular formula is C26H36IN5O2. The van der Waals surface area contributed by atoms with E-state index in [1.807, 2.05) is 24.3 Å². The van der Waals surface area contributed by atoms with Crippen LogP contribution in [-0.4, -0.2) is 68.0 Å². The smallest absolute Gasteiger partial charge is 0.221 e. The fourth-order valence-electron chi connectivity index (χ4n) is 3.78. The fourth-order valence-corrected chi connectivity index (χ4v) is 3.78. The first-order valence-corrected chi connectivity index (χ1v) is 11.5. The van der Waals surface area contributed by atoms with E-state index in [0.717, 1.165) is 50.8 Å². The molecule has 0 aliphatic carbocycles. The molecule has 0 bridgehead atoms. The number of carbonyl (C=O) groups excluding carboxylic acids is 1. The molecule has 3 rings (SSSR count). The molecule has 1 amide bonds. The molecule has 0 saturated carbocycles. The van der Waals surface area contributed by atoms with Crippen molar-refractivity contribution in [3.8, 4) is 5.75 Å². The molecule has 2 aromatic rings. The summed E-state index contributed by atoms with van der Waals surface area (Å²) >= 11 is 0. The van der Waals surface area contributed by atoms with Crippen molar-refractivity contribution in [2.45, 2.75) is 20.4 Å². The second kappa shape index (κ2) is 14.6. The van der Waals surface area contributed by atoms with Crippen LogP contribution in [0.25, 0.3) is 6.08 Å². The Morgan fingerprint density at radius 1 is 1.12 bits per heavy atom. The number of rotatable bonds is 8. The molecule has 1 saturated heterocycles. The van der Waals surface area contributed by atoms with Crippen molar-refractivity contribution >= 4 is 47.6 Å². The van der Waals surface area contributed by atoms with Gasteiger partial charge >= 0.3 is 0 Å². The van der Waals surface area contributed by atoms with Crippen LogP contribution in [0.2, 0.25) is 0 Å². The topological polar surface area (TPSA) is 69.2 Å². The highest BCUT2D eigenvalue weighted by atomic mass is 127. The van der Waals surface area contributed by atoms with Crippen LogP contribution in [0.4, 0.5) is 5.69 Å². The third-order valence-corrected chi connectivity index (χ3v) is 5.47. The second-order valence-corrected chi connectivity index (χ2v) is 7.99. The summed E-state index contributed by atoms with van der Waals surface area (Å²) < 4.78 is 5.34. The summed E-state index contributed by atoms with van der Waals surface area (Å²) in [7, 11) is 1.60. The molecule has 1 heterocycles. The predicted octanol–water partition coefficient (Wildman–Crippen LogP) is 4.07. The van der Waals surface area contributed by atoms with Gasteiger partial charge in [-0.1, -0.05) is 48.6 Å². The monoisotopic (exact) mass is 577 g/mol. The first kappa shape index (κ1) is 27.7. The molecule has 0 unspecified atom stereocenters. The standard InChI is InChI=1S/C26H35N5O2.HI/c1-4-27-26(28-20-23-12-13-25(33-3)24(19-23)29-21(2)32)31-17-15-30(16-18-31)14-8-11-22-9-6-5-7-10-22;/h5-13,19H,4,14-18,20H2,1-3H3,(H,27,28)(H,29,32);1H/b11-8+;. The van der Waals surface area contributed by atoms with Gasteiger partial charge in [-0.05, 0) is 30.2 Å². The van der Waals surface area contributed by atoms with Crippen molar-refractivity contribution < 1.29 is 9.53 Å². The van der Waals surface area contributed by atoms with Crippen molar-refractivity contribution in [3.05, 3.63) is 65.7 Å². The summed E-state index contributed by atoms with van der Waals surface area (Å²) in [5.41, 5.74) is 2.91. The number of piperazine rings is 1. The van der Waals surface area contributed by atoms with Crippen LogP contribution >= 0.6 is 24.0 Å². The van der Waals surface area contributed by atoms with Gasteiger partial charge in [-0.3, -0.25) is 9.69 Å². The van der Waals surface area contributed by atoms with E-state index >= 15 is 0 Å². The van der Waals surface area contributed by atoms with Gasteiger partial charge in [0.15, 0.2) is 5.96 Å².